The predicted octanol–water partition coefficient (Wildman–Crippen LogP) is 4.63. The van der Waals surface area contributed by atoms with Gasteiger partial charge in [0.1, 0.15) is 0 Å². The second kappa shape index (κ2) is 11.1. The first-order valence-corrected chi connectivity index (χ1v) is 13.6. The van der Waals surface area contributed by atoms with Crippen LogP contribution in [0.15, 0.2) is 52.5 Å². The Balaban J connectivity index is 1.31. The number of amides is 2. The highest BCUT2D eigenvalue weighted by Crippen LogP contribution is 2.38. The van der Waals surface area contributed by atoms with Crippen LogP contribution in [0.1, 0.15) is 35.6 Å². The number of halogens is 6. The lowest BCUT2D eigenvalue weighted by molar-refractivity contribution is -0.143. The lowest BCUT2D eigenvalue weighted by Gasteiger charge is -2.19. The number of rotatable bonds is 6. The smallest absolute Gasteiger partial charge is 0.368 e. The molecule has 222 valence electrons. The molecule has 2 aliphatic rings. The number of fused-ring (bicyclic) bond motifs is 1. The number of nitrogens with one attached hydrogen (secondary N) is 1. The molecule has 42 heavy (non-hydrogen) atoms. The van der Waals surface area contributed by atoms with Crippen molar-refractivity contribution in [3.8, 4) is 0 Å². The first kappa shape index (κ1) is 29.6. The highest BCUT2D eigenvalue weighted by atomic mass is 32.2. The number of alkyl halides is 6. The monoisotopic (exact) mass is 610 g/mol. The molecule has 2 aromatic carbocycles. The Morgan fingerprint density at radius 1 is 1.17 bits per heavy atom. The number of thioether (sulfide) groups is 1. The zero-order chi connectivity index (χ0) is 30.4. The van der Waals surface area contributed by atoms with Gasteiger partial charge in [-0.1, -0.05) is 12.1 Å². The minimum absolute atomic E-state index is 0.0210. The van der Waals surface area contributed by atoms with Crippen molar-refractivity contribution >= 4 is 45.7 Å². The number of carbonyl (C=O) groups excluding carboxylic acids is 2. The SMILES string of the molecule is CC(NC1CCN(C2=NC(=O)C(=Cc3ccc4c(cnn4Cc4ccc(C(F)(F)F)cc4C(F)(F)F)c3)S2)C1)C(N)=O. The predicted molar refractivity (Wildman–Crippen MR) is 145 cm³/mol. The van der Waals surface area contributed by atoms with Crippen molar-refractivity contribution in [3.05, 3.63) is 69.8 Å². The molecule has 0 saturated carbocycles. The third-order valence-electron chi connectivity index (χ3n) is 7.01. The Labute approximate surface area is 239 Å². The molecule has 1 fully saturated rings. The van der Waals surface area contributed by atoms with Crippen molar-refractivity contribution in [1.82, 2.24) is 20.0 Å². The molecule has 0 spiro atoms. The zero-order valence-electron chi connectivity index (χ0n) is 22.0. The van der Waals surface area contributed by atoms with Crippen LogP contribution in [0.3, 0.4) is 0 Å². The van der Waals surface area contributed by atoms with Gasteiger partial charge in [-0.15, -0.1) is 0 Å². The molecule has 1 aromatic heterocycles. The van der Waals surface area contributed by atoms with E-state index in [0.29, 0.717) is 45.7 Å². The van der Waals surface area contributed by atoms with Crippen LogP contribution in [0.25, 0.3) is 17.0 Å². The summed E-state index contributed by atoms with van der Waals surface area (Å²) in [6.45, 7) is 2.50. The van der Waals surface area contributed by atoms with E-state index in [1.54, 1.807) is 31.2 Å². The van der Waals surface area contributed by atoms with E-state index in [1.165, 1.54) is 22.6 Å². The quantitative estimate of drug-likeness (QED) is 0.312. The van der Waals surface area contributed by atoms with Crippen molar-refractivity contribution in [3.63, 3.8) is 0 Å². The summed E-state index contributed by atoms with van der Waals surface area (Å²) in [5.41, 5.74) is 3.30. The van der Waals surface area contributed by atoms with Gasteiger partial charge in [-0.25, -0.2) is 0 Å². The standard InChI is InChI=1S/C27H24F6N6O2S/c1-14(23(34)40)36-19-6-7-38(13-19)25-37-24(41)22(42-25)9-15-2-5-21-17(8-15)11-35-39(21)12-16-3-4-18(26(28,29)30)10-20(16)27(31,32)33/h2-5,8-11,14,19,36H,6-7,12-13H2,1H3,(H2,34,40). The molecular formula is C27H24F6N6O2S. The van der Waals surface area contributed by atoms with E-state index in [1.807, 2.05) is 4.90 Å². The highest BCUT2D eigenvalue weighted by Gasteiger charge is 2.38. The second-order valence-electron chi connectivity index (χ2n) is 10.0. The number of nitrogens with two attached hydrogens (primary N) is 1. The third-order valence-corrected chi connectivity index (χ3v) is 8.05. The number of nitrogens with zero attached hydrogens (tertiary/aromatic N) is 4. The number of hydrogen-bond acceptors (Lipinski definition) is 6. The largest absolute Gasteiger partial charge is 0.416 e. The summed E-state index contributed by atoms with van der Waals surface area (Å²) in [7, 11) is 0. The van der Waals surface area contributed by atoms with Gasteiger partial charge in [0.05, 0.1) is 40.3 Å². The molecule has 5 rings (SSSR count). The Kier molecular flexibility index (Phi) is 7.83. The van der Waals surface area contributed by atoms with Gasteiger partial charge < -0.3 is 16.0 Å². The summed E-state index contributed by atoms with van der Waals surface area (Å²) in [5, 5.41) is 8.42. The number of carbonyl (C=O) groups is 2. The van der Waals surface area contributed by atoms with Gasteiger partial charge in [0, 0.05) is 24.5 Å². The number of likely N-dealkylation sites (tertiary alicyclic amines) is 1. The van der Waals surface area contributed by atoms with Gasteiger partial charge in [-0.3, -0.25) is 14.3 Å². The van der Waals surface area contributed by atoms with Gasteiger partial charge in [0.2, 0.25) is 5.91 Å². The van der Waals surface area contributed by atoms with Crippen molar-refractivity contribution in [2.75, 3.05) is 13.1 Å². The average Bonchev–Trinajstić information content (AvgIpc) is 3.62. The molecule has 8 nitrogen and oxygen atoms in total. The molecular weight excluding hydrogens is 586 g/mol. The normalized spacial score (nSPS) is 19.6. The first-order chi connectivity index (χ1) is 19.7. The van der Waals surface area contributed by atoms with E-state index in [4.69, 9.17) is 5.73 Å². The van der Waals surface area contributed by atoms with Gasteiger partial charge in [-0.05, 0) is 66.6 Å². The number of benzene rings is 2. The van der Waals surface area contributed by atoms with Crippen molar-refractivity contribution in [2.24, 2.45) is 10.7 Å². The Morgan fingerprint density at radius 2 is 1.93 bits per heavy atom. The maximum atomic E-state index is 13.6. The topological polar surface area (TPSA) is 106 Å². The van der Waals surface area contributed by atoms with Gasteiger partial charge in [0.25, 0.3) is 5.91 Å². The number of primary amides is 1. The number of amidine groups is 1. The molecule has 2 unspecified atom stereocenters. The van der Waals surface area contributed by atoms with E-state index in [0.717, 1.165) is 12.5 Å². The summed E-state index contributed by atoms with van der Waals surface area (Å²) in [6.07, 6.45) is -6.06. The zero-order valence-corrected chi connectivity index (χ0v) is 22.8. The molecule has 2 amide bonds. The van der Waals surface area contributed by atoms with E-state index < -0.39 is 47.9 Å². The molecule has 3 N–H and O–H groups in total. The second-order valence-corrected chi connectivity index (χ2v) is 11.0. The maximum Gasteiger partial charge on any atom is 0.416 e. The minimum Gasteiger partial charge on any atom is -0.368 e. The third kappa shape index (κ3) is 6.31. The van der Waals surface area contributed by atoms with Crippen molar-refractivity contribution in [2.45, 2.75) is 44.3 Å². The summed E-state index contributed by atoms with van der Waals surface area (Å²) in [5.74, 6) is -0.857. The molecule has 1 saturated heterocycles. The number of aromatic nitrogens is 2. The summed E-state index contributed by atoms with van der Waals surface area (Å²) >= 11 is 1.22. The lowest BCUT2D eigenvalue weighted by Crippen LogP contribution is -2.45. The Morgan fingerprint density at radius 3 is 2.62 bits per heavy atom. The van der Waals surface area contributed by atoms with Crippen LogP contribution in [0.4, 0.5) is 26.3 Å². The molecule has 3 heterocycles. The number of aliphatic imine (C=N–C) groups is 1. The summed E-state index contributed by atoms with van der Waals surface area (Å²) < 4.78 is 81.1. The molecule has 0 bridgehead atoms. The van der Waals surface area contributed by atoms with E-state index in [9.17, 15) is 35.9 Å². The van der Waals surface area contributed by atoms with E-state index in [2.05, 4.69) is 15.4 Å². The first-order valence-electron chi connectivity index (χ1n) is 12.7. The van der Waals surface area contributed by atoms with Crippen LogP contribution in [0.2, 0.25) is 0 Å². The van der Waals surface area contributed by atoms with Crippen LogP contribution < -0.4 is 11.1 Å². The fourth-order valence-corrected chi connectivity index (χ4v) is 5.78. The lowest BCUT2D eigenvalue weighted by atomic mass is 10.0. The fraction of sp³-hybridized carbons (Fsp3) is 0.333. The van der Waals surface area contributed by atoms with Crippen LogP contribution >= 0.6 is 11.8 Å². The van der Waals surface area contributed by atoms with Crippen molar-refractivity contribution < 1.29 is 35.9 Å². The molecule has 2 atom stereocenters. The number of hydrogen-bond donors (Lipinski definition) is 2. The molecule has 15 heteroatoms. The van der Waals surface area contributed by atoms with Gasteiger partial charge in [0.15, 0.2) is 5.17 Å². The van der Waals surface area contributed by atoms with E-state index >= 15 is 0 Å². The highest BCUT2D eigenvalue weighted by molar-refractivity contribution is 8.18. The fourth-order valence-electron chi connectivity index (χ4n) is 4.83. The summed E-state index contributed by atoms with van der Waals surface area (Å²) in [4.78, 5) is 30.4. The van der Waals surface area contributed by atoms with Crippen LogP contribution in [0.5, 0.6) is 0 Å². The van der Waals surface area contributed by atoms with E-state index in [-0.39, 0.29) is 17.7 Å². The van der Waals surface area contributed by atoms with Crippen molar-refractivity contribution in [1.29, 1.82) is 0 Å². The summed E-state index contributed by atoms with van der Waals surface area (Å²) in [6, 6.07) is 6.07. The van der Waals surface area contributed by atoms with Crippen LogP contribution in [-0.2, 0) is 28.5 Å². The Hall–Kier alpha value is -3.85. The van der Waals surface area contributed by atoms with Crippen LogP contribution in [-0.4, -0.2) is 56.8 Å². The maximum absolute atomic E-state index is 13.6. The molecule has 0 aliphatic carbocycles. The molecule has 3 aromatic rings. The Bertz CT molecular complexity index is 1610. The van der Waals surface area contributed by atoms with Crippen LogP contribution in [0, 0.1) is 0 Å². The molecule has 0 radical (unpaired) electrons. The minimum atomic E-state index is -4.99. The molecule has 2 aliphatic heterocycles. The average molecular weight is 611 g/mol. The van der Waals surface area contributed by atoms with Gasteiger partial charge in [-0.2, -0.15) is 36.4 Å². The van der Waals surface area contributed by atoms with Gasteiger partial charge >= 0.3 is 12.4 Å².